The molecule has 0 spiro atoms. The molecule has 4 heteroatoms. The summed E-state index contributed by atoms with van der Waals surface area (Å²) in [5.74, 6) is 0.585. The summed E-state index contributed by atoms with van der Waals surface area (Å²) in [6, 6.07) is -0.488. The molecule has 0 amide bonds. The Kier molecular flexibility index (Phi) is 5.18. The van der Waals surface area contributed by atoms with Crippen LogP contribution in [0.2, 0.25) is 0 Å². The zero-order valence-electron chi connectivity index (χ0n) is 5.45. The first-order valence-corrected chi connectivity index (χ1v) is 4.15. The van der Waals surface area contributed by atoms with E-state index in [0.29, 0.717) is 5.75 Å². The second-order valence-corrected chi connectivity index (χ2v) is 2.78. The van der Waals surface area contributed by atoms with Gasteiger partial charge in [0.15, 0.2) is 0 Å². The summed E-state index contributed by atoms with van der Waals surface area (Å²) in [5, 5.41) is 17.4. The van der Waals surface area contributed by atoms with Crippen molar-refractivity contribution < 1.29 is 10.2 Å². The molecule has 0 bridgehead atoms. The summed E-state index contributed by atoms with van der Waals surface area (Å²) < 4.78 is 0. The number of aliphatic hydroxyl groups excluding tert-OH is 2. The van der Waals surface area contributed by atoms with E-state index in [0.717, 1.165) is 0 Å². The van der Waals surface area contributed by atoms with Crippen LogP contribution in [0.1, 0.15) is 0 Å². The molecule has 0 aromatic heterocycles. The number of rotatable bonds is 4. The minimum Gasteiger partial charge on any atom is -0.395 e. The van der Waals surface area contributed by atoms with Gasteiger partial charge < -0.3 is 15.9 Å². The average molecular weight is 151 g/mol. The molecule has 0 aromatic rings. The van der Waals surface area contributed by atoms with E-state index in [1.807, 2.05) is 6.26 Å². The van der Waals surface area contributed by atoms with Crippen molar-refractivity contribution in [2.24, 2.45) is 5.73 Å². The number of aliphatic hydroxyl groups is 2. The molecule has 0 saturated carbocycles. The molecular weight excluding hydrogens is 138 g/mol. The molecule has 0 fully saturated rings. The average Bonchev–Trinajstić information content (AvgIpc) is 1.87. The summed E-state index contributed by atoms with van der Waals surface area (Å²) in [5.41, 5.74) is 5.29. The molecule has 0 heterocycles. The van der Waals surface area contributed by atoms with Gasteiger partial charge in [-0.2, -0.15) is 11.8 Å². The van der Waals surface area contributed by atoms with Crippen molar-refractivity contribution in [2.75, 3.05) is 18.6 Å². The van der Waals surface area contributed by atoms with Crippen molar-refractivity contribution in [3.05, 3.63) is 0 Å². The Labute approximate surface area is 59.3 Å². The lowest BCUT2D eigenvalue weighted by molar-refractivity contribution is 0.127. The van der Waals surface area contributed by atoms with Crippen LogP contribution >= 0.6 is 11.8 Å². The predicted molar refractivity (Wildman–Crippen MR) is 39.5 cm³/mol. The SMILES string of the molecule is CSC[C@H](O)[C@@H](N)CO. The Balaban J connectivity index is 3.32. The Morgan fingerprint density at radius 2 is 2.22 bits per heavy atom. The maximum absolute atomic E-state index is 9.01. The van der Waals surface area contributed by atoms with Gasteiger partial charge in [0, 0.05) is 5.75 Å². The summed E-state index contributed by atoms with van der Waals surface area (Å²) in [7, 11) is 0. The van der Waals surface area contributed by atoms with Crippen LogP contribution in [0.4, 0.5) is 0 Å². The second-order valence-electron chi connectivity index (χ2n) is 1.87. The van der Waals surface area contributed by atoms with E-state index >= 15 is 0 Å². The molecule has 9 heavy (non-hydrogen) atoms. The Bertz CT molecular complexity index is 72.0. The maximum Gasteiger partial charge on any atom is 0.0803 e. The third-order valence-electron chi connectivity index (χ3n) is 1.04. The van der Waals surface area contributed by atoms with Crippen molar-refractivity contribution >= 4 is 11.8 Å². The Morgan fingerprint density at radius 1 is 1.67 bits per heavy atom. The van der Waals surface area contributed by atoms with Gasteiger partial charge in [0.2, 0.25) is 0 Å². The highest BCUT2D eigenvalue weighted by atomic mass is 32.2. The normalized spacial score (nSPS) is 17.3. The van der Waals surface area contributed by atoms with Gasteiger partial charge in [0.25, 0.3) is 0 Å². The molecule has 0 radical (unpaired) electrons. The maximum atomic E-state index is 9.01. The van der Waals surface area contributed by atoms with Crippen molar-refractivity contribution in [1.29, 1.82) is 0 Å². The van der Waals surface area contributed by atoms with Crippen LogP contribution < -0.4 is 5.73 Å². The molecule has 0 aliphatic rings. The fourth-order valence-corrected chi connectivity index (χ4v) is 1.00. The first-order valence-electron chi connectivity index (χ1n) is 2.75. The molecule has 0 aliphatic heterocycles. The van der Waals surface area contributed by atoms with E-state index in [-0.39, 0.29) is 6.61 Å². The first-order chi connectivity index (χ1) is 4.22. The predicted octanol–water partition coefficient (Wildman–Crippen LogP) is -0.970. The minimum absolute atomic E-state index is 0.151. The third-order valence-corrected chi connectivity index (χ3v) is 1.72. The number of hydrogen-bond acceptors (Lipinski definition) is 4. The molecule has 2 atom stereocenters. The molecule has 0 rings (SSSR count). The topological polar surface area (TPSA) is 66.5 Å². The lowest BCUT2D eigenvalue weighted by atomic mass is 10.2. The van der Waals surface area contributed by atoms with Crippen LogP contribution in [0.25, 0.3) is 0 Å². The highest BCUT2D eigenvalue weighted by Crippen LogP contribution is 1.98. The van der Waals surface area contributed by atoms with E-state index in [4.69, 9.17) is 15.9 Å². The Hall–Kier alpha value is 0.230. The standard InChI is InChI=1S/C5H13NO2S/c1-9-3-5(8)4(6)2-7/h4-5,7-8H,2-3,6H2,1H3/t4-,5-/m0/s1. The molecule has 0 aliphatic carbocycles. The van der Waals surface area contributed by atoms with Crippen molar-refractivity contribution in [1.82, 2.24) is 0 Å². The number of nitrogens with two attached hydrogens (primary N) is 1. The summed E-state index contributed by atoms with van der Waals surface area (Å²) in [6.45, 7) is -0.151. The summed E-state index contributed by atoms with van der Waals surface area (Å²) >= 11 is 1.51. The van der Waals surface area contributed by atoms with Crippen LogP contribution in [-0.2, 0) is 0 Å². The van der Waals surface area contributed by atoms with Crippen molar-refractivity contribution in [3.8, 4) is 0 Å². The van der Waals surface area contributed by atoms with Gasteiger partial charge in [-0.15, -0.1) is 0 Å². The fourth-order valence-electron chi connectivity index (χ4n) is 0.416. The quantitative estimate of drug-likeness (QED) is 0.483. The summed E-state index contributed by atoms with van der Waals surface area (Å²) in [6.07, 6.45) is 1.30. The molecule has 4 N–H and O–H groups in total. The van der Waals surface area contributed by atoms with E-state index in [1.165, 1.54) is 11.8 Å². The van der Waals surface area contributed by atoms with Gasteiger partial charge in [0.1, 0.15) is 0 Å². The smallest absolute Gasteiger partial charge is 0.0803 e. The van der Waals surface area contributed by atoms with Crippen LogP contribution in [0.5, 0.6) is 0 Å². The third kappa shape index (κ3) is 3.75. The molecule has 0 saturated heterocycles. The van der Waals surface area contributed by atoms with Gasteiger partial charge in [-0.3, -0.25) is 0 Å². The Morgan fingerprint density at radius 3 is 2.56 bits per heavy atom. The largest absolute Gasteiger partial charge is 0.395 e. The molecule has 56 valence electrons. The van der Waals surface area contributed by atoms with Crippen LogP contribution in [0.15, 0.2) is 0 Å². The highest BCUT2D eigenvalue weighted by Gasteiger charge is 2.11. The van der Waals surface area contributed by atoms with Gasteiger partial charge in [-0.05, 0) is 6.26 Å². The molecule has 0 aromatic carbocycles. The minimum atomic E-state index is -0.579. The summed E-state index contributed by atoms with van der Waals surface area (Å²) in [4.78, 5) is 0. The van der Waals surface area contributed by atoms with Gasteiger partial charge in [-0.1, -0.05) is 0 Å². The van der Waals surface area contributed by atoms with Crippen LogP contribution in [-0.4, -0.2) is 41.0 Å². The number of thioether (sulfide) groups is 1. The van der Waals surface area contributed by atoms with E-state index in [2.05, 4.69) is 0 Å². The lowest BCUT2D eigenvalue weighted by Gasteiger charge is -2.14. The lowest BCUT2D eigenvalue weighted by Crippen LogP contribution is -2.39. The monoisotopic (exact) mass is 151 g/mol. The zero-order chi connectivity index (χ0) is 7.28. The van der Waals surface area contributed by atoms with E-state index in [1.54, 1.807) is 0 Å². The number of hydrogen-bond donors (Lipinski definition) is 3. The van der Waals surface area contributed by atoms with Gasteiger partial charge in [0.05, 0.1) is 18.8 Å². The van der Waals surface area contributed by atoms with Crippen LogP contribution in [0.3, 0.4) is 0 Å². The highest BCUT2D eigenvalue weighted by molar-refractivity contribution is 7.98. The molecule has 3 nitrogen and oxygen atoms in total. The van der Waals surface area contributed by atoms with E-state index in [9.17, 15) is 0 Å². The fraction of sp³-hybridized carbons (Fsp3) is 1.00. The second kappa shape index (κ2) is 5.05. The van der Waals surface area contributed by atoms with Gasteiger partial charge >= 0.3 is 0 Å². The molecule has 0 unspecified atom stereocenters. The van der Waals surface area contributed by atoms with Crippen molar-refractivity contribution in [3.63, 3.8) is 0 Å². The molecular formula is C5H13NO2S. The first kappa shape index (κ1) is 9.23. The van der Waals surface area contributed by atoms with Crippen molar-refractivity contribution in [2.45, 2.75) is 12.1 Å². The van der Waals surface area contributed by atoms with E-state index < -0.39 is 12.1 Å². The van der Waals surface area contributed by atoms with Gasteiger partial charge in [-0.25, -0.2) is 0 Å². The van der Waals surface area contributed by atoms with Crippen LogP contribution in [0, 0.1) is 0 Å². The zero-order valence-corrected chi connectivity index (χ0v) is 6.27.